The molecule has 4 aromatic heterocycles. The van der Waals surface area contributed by atoms with Crippen LogP contribution in [0.25, 0.3) is 50.1 Å². The number of para-hydroxylation sites is 1. The second-order valence-corrected chi connectivity index (χ2v) is 13.2. The number of pyridine rings is 2. The zero-order valence-electron chi connectivity index (χ0n) is 26.3. The van der Waals surface area contributed by atoms with E-state index in [1.807, 2.05) is 12.3 Å². The Bertz CT molecular complexity index is 2200. The fourth-order valence-corrected chi connectivity index (χ4v) is 8.94. The van der Waals surface area contributed by atoms with Crippen molar-refractivity contribution in [2.45, 2.75) is 76.5 Å². The van der Waals surface area contributed by atoms with Crippen LogP contribution in [0.3, 0.4) is 0 Å². The number of nitrogens with one attached hydrogen (secondary N) is 1. The van der Waals surface area contributed by atoms with Crippen molar-refractivity contribution in [3.05, 3.63) is 103 Å². The Kier molecular flexibility index (Phi) is 5.61. The molecule has 3 aliphatic rings. The number of aromatic nitrogens is 4. The molecule has 0 bridgehead atoms. The lowest BCUT2D eigenvalue weighted by Crippen LogP contribution is -2.78. The van der Waals surface area contributed by atoms with Crippen molar-refractivity contribution in [3.63, 3.8) is 0 Å². The van der Waals surface area contributed by atoms with Gasteiger partial charge in [0.05, 0.1) is 6.20 Å². The van der Waals surface area contributed by atoms with Gasteiger partial charge in [0.2, 0.25) is 5.69 Å². The summed E-state index contributed by atoms with van der Waals surface area (Å²) in [6, 6.07) is 24.4. The van der Waals surface area contributed by atoms with Crippen LogP contribution in [0.4, 0.5) is 0 Å². The third kappa shape index (κ3) is 3.45. The molecule has 0 amide bonds. The van der Waals surface area contributed by atoms with Gasteiger partial charge in [0, 0.05) is 52.9 Å². The molecule has 9 rings (SSSR count). The predicted octanol–water partition coefficient (Wildman–Crippen LogP) is 6.99. The lowest BCUT2D eigenvalue weighted by molar-refractivity contribution is -0.788. The van der Waals surface area contributed by atoms with Gasteiger partial charge in [-0.2, -0.15) is 4.57 Å². The first-order chi connectivity index (χ1) is 22.0. The zero-order valence-corrected chi connectivity index (χ0v) is 26.3. The van der Waals surface area contributed by atoms with Crippen LogP contribution in [-0.2, 0) is 5.54 Å². The van der Waals surface area contributed by atoms with Gasteiger partial charge in [-0.15, -0.1) is 0 Å². The monoisotopic (exact) mass is 594 g/mol. The van der Waals surface area contributed by atoms with E-state index in [0.29, 0.717) is 0 Å². The van der Waals surface area contributed by atoms with E-state index < -0.39 is 0 Å². The third-order valence-corrected chi connectivity index (χ3v) is 11.3. The highest BCUT2D eigenvalue weighted by atomic mass is 16.3. The molecule has 2 aromatic carbocycles. The van der Waals surface area contributed by atoms with E-state index in [9.17, 15) is 0 Å². The molecule has 7 nitrogen and oxygen atoms in total. The minimum Gasteiger partial charge on any atom is -0.456 e. The quantitative estimate of drug-likeness (QED) is 0.218. The van der Waals surface area contributed by atoms with Crippen molar-refractivity contribution in [2.75, 3.05) is 0 Å². The summed E-state index contributed by atoms with van der Waals surface area (Å²) in [4.78, 5) is 9.61. The normalized spacial score (nSPS) is 25.0. The Morgan fingerprint density at radius 3 is 2.62 bits per heavy atom. The van der Waals surface area contributed by atoms with Gasteiger partial charge in [-0.1, -0.05) is 32.0 Å². The van der Waals surface area contributed by atoms with Crippen LogP contribution in [0.2, 0.25) is 0 Å². The van der Waals surface area contributed by atoms with Crippen molar-refractivity contribution in [1.82, 2.24) is 20.4 Å². The highest BCUT2D eigenvalue weighted by molar-refractivity contribution is 6.06. The standard InChI is InChI=1S/C38H38N6O/c1-5-37(4)38(6-2,42-20-10-9-12-32(42)33-21-24(3)41-44(33)37)17-16-31-26-22-28-25-11-7-8-13-34(25)45-35(28)23-27(26)30-15-14-29-36(43(30)31)40-19-18-39-29/h7-15,18-24,31,41H,5-6,16-17H2,1-4H3/q+2. The summed E-state index contributed by atoms with van der Waals surface area (Å²) in [6.07, 6.45) is 12.3. The van der Waals surface area contributed by atoms with Gasteiger partial charge >= 0.3 is 5.65 Å². The topological polar surface area (TPSA) is 62.0 Å². The molecule has 0 fully saturated rings. The minimum atomic E-state index is -0.154. The summed E-state index contributed by atoms with van der Waals surface area (Å²) in [5, 5.41) is 4.83. The van der Waals surface area contributed by atoms with Crippen molar-refractivity contribution in [3.8, 4) is 11.3 Å². The fraction of sp³-hybridized carbons (Fsp3) is 0.316. The van der Waals surface area contributed by atoms with E-state index in [0.717, 1.165) is 53.4 Å². The summed E-state index contributed by atoms with van der Waals surface area (Å²) in [5.74, 6) is 0. The van der Waals surface area contributed by atoms with Crippen molar-refractivity contribution < 1.29 is 13.6 Å². The first kappa shape index (κ1) is 26.8. The highest BCUT2D eigenvalue weighted by Crippen LogP contribution is 2.50. The van der Waals surface area contributed by atoms with Crippen molar-refractivity contribution >= 4 is 38.8 Å². The maximum Gasteiger partial charge on any atom is 0.349 e. The number of fused-ring (bicyclic) bond motifs is 11. The SMILES string of the molecule is CCC1(C)N2NC(C)C=C2c2cccc[n+]2C1(CC)CCC1c2cc3c(cc2-c2ccc4nccnc4[n+]21)oc1ccccc13. The maximum atomic E-state index is 6.38. The molecule has 0 aliphatic carbocycles. The summed E-state index contributed by atoms with van der Waals surface area (Å²) in [6.45, 7) is 9.43. The van der Waals surface area contributed by atoms with Crippen LogP contribution < -0.4 is 14.6 Å². The first-order valence-corrected chi connectivity index (χ1v) is 16.4. The molecule has 0 saturated heterocycles. The van der Waals surface area contributed by atoms with Gasteiger partial charge in [0.15, 0.2) is 23.4 Å². The Labute approximate surface area is 262 Å². The molecule has 0 radical (unpaired) electrons. The average molecular weight is 595 g/mol. The van der Waals surface area contributed by atoms with Crippen LogP contribution >= 0.6 is 0 Å². The Morgan fingerprint density at radius 1 is 0.911 bits per heavy atom. The largest absolute Gasteiger partial charge is 0.456 e. The van der Waals surface area contributed by atoms with Gasteiger partial charge in [-0.25, -0.2) is 15.0 Å². The zero-order chi connectivity index (χ0) is 30.5. The van der Waals surface area contributed by atoms with Gasteiger partial charge in [0.25, 0.3) is 0 Å². The predicted molar refractivity (Wildman–Crippen MR) is 176 cm³/mol. The Balaban J connectivity index is 1.24. The summed E-state index contributed by atoms with van der Waals surface area (Å²) < 4.78 is 11.4. The van der Waals surface area contributed by atoms with Crippen LogP contribution in [-0.4, -0.2) is 26.6 Å². The summed E-state index contributed by atoms with van der Waals surface area (Å²) >= 11 is 0. The molecule has 7 heterocycles. The highest BCUT2D eigenvalue weighted by Gasteiger charge is 2.63. The number of hydrazine groups is 1. The molecule has 6 aromatic rings. The summed E-state index contributed by atoms with van der Waals surface area (Å²) in [7, 11) is 0. The molecule has 7 heteroatoms. The first-order valence-electron chi connectivity index (χ1n) is 16.4. The molecule has 0 saturated carbocycles. The van der Waals surface area contributed by atoms with Gasteiger partial charge < -0.3 is 4.42 Å². The molecule has 224 valence electrons. The summed E-state index contributed by atoms with van der Waals surface area (Å²) in [5.41, 5.74) is 13.5. The number of benzene rings is 2. The Morgan fingerprint density at radius 2 is 1.76 bits per heavy atom. The molecule has 0 spiro atoms. The number of hydrogen-bond donors (Lipinski definition) is 1. The van der Waals surface area contributed by atoms with E-state index in [2.05, 4.69) is 120 Å². The fourth-order valence-electron chi connectivity index (χ4n) is 8.94. The van der Waals surface area contributed by atoms with E-state index in [-0.39, 0.29) is 23.2 Å². The maximum absolute atomic E-state index is 6.38. The molecule has 3 aliphatic heterocycles. The van der Waals surface area contributed by atoms with Crippen LogP contribution in [0, 0.1) is 0 Å². The number of hydrogen-bond acceptors (Lipinski definition) is 5. The third-order valence-electron chi connectivity index (χ3n) is 11.3. The Hall–Kier alpha value is -4.62. The van der Waals surface area contributed by atoms with E-state index in [1.54, 1.807) is 6.20 Å². The molecular weight excluding hydrogens is 556 g/mol. The van der Waals surface area contributed by atoms with Gasteiger partial charge in [0.1, 0.15) is 34.1 Å². The number of rotatable bonds is 5. The molecular formula is C38H38N6O+2. The second-order valence-electron chi connectivity index (χ2n) is 13.2. The minimum absolute atomic E-state index is 0.105. The molecule has 4 atom stereocenters. The lowest BCUT2D eigenvalue weighted by atomic mass is 9.68. The molecule has 1 N–H and O–H groups in total. The lowest BCUT2D eigenvalue weighted by Gasteiger charge is -2.53. The van der Waals surface area contributed by atoms with Crippen LogP contribution in [0.5, 0.6) is 0 Å². The smallest absolute Gasteiger partial charge is 0.349 e. The van der Waals surface area contributed by atoms with E-state index in [4.69, 9.17) is 14.4 Å². The molecule has 4 unspecified atom stereocenters. The second kappa shape index (κ2) is 9.44. The van der Waals surface area contributed by atoms with Gasteiger partial charge in [-0.3, -0.25) is 5.01 Å². The molecule has 45 heavy (non-hydrogen) atoms. The van der Waals surface area contributed by atoms with Gasteiger partial charge in [-0.05, 0) is 74.1 Å². The van der Waals surface area contributed by atoms with E-state index >= 15 is 0 Å². The van der Waals surface area contributed by atoms with Crippen LogP contribution in [0.1, 0.15) is 70.7 Å². The van der Waals surface area contributed by atoms with Crippen molar-refractivity contribution in [2.24, 2.45) is 0 Å². The van der Waals surface area contributed by atoms with E-state index in [1.165, 1.54) is 33.6 Å². The average Bonchev–Trinajstić information content (AvgIpc) is 3.75. The van der Waals surface area contributed by atoms with Crippen LogP contribution in [0.15, 0.2) is 95.8 Å². The van der Waals surface area contributed by atoms with Crippen molar-refractivity contribution in [1.29, 1.82) is 0 Å². The number of nitrogens with zero attached hydrogens (tertiary/aromatic N) is 5. The number of furan rings is 1.